The Balaban J connectivity index is 1.70. The lowest BCUT2D eigenvalue weighted by molar-refractivity contribution is -0.302. The zero-order valence-electron chi connectivity index (χ0n) is 45.7. The van der Waals surface area contributed by atoms with Crippen molar-refractivity contribution in [2.24, 2.45) is 0 Å². The Labute approximate surface area is 440 Å². The van der Waals surface area contributed by atoms with E-state index in [1.807, 2.05) is 19.1 Å². The summed E-state index contributed by atoms with van der Waals surface area (Å²) in [6, 6.07) is 6.57. The van der Waals surface area contributed by atoms with E-state index < -0.39 is 49.0 Å². The number of nitrogens with one attached hydrogen (secondary N) is 2. The number of anilines is 1. The number of hydrogen-bond acceptors (Lipinski definition) is 11. The van der Waals surface area contributed by atoms with E-state index in [9.17, 15) is 25.5 Å². The first-order valence-electron chi connectivity index (χ1n) is 29.8. The molecule has 1 fully saturated rings. The number of aliphatic hydroxyl groups excluding tert-OH is 5. The van der Waals surface area contributed by atoms with Gasteiger partial charge in [-0.3, -0.25) is 0 Å². The third-order valence-electron chi connectivity index (χ3n) is 14.5. The van der Waals surface area contributed by atoms with Gasteiger partial charge in [-0.25, -0.2) is 0 Å². The molecular weight excluding hydrogens is 913 g/mol. The number of rotatable bonds is 49. The van der Waals surface area contributed by atoms with Crippen molar-refractivity contribution in [2.75, 3.05) is 31.7 Å². The minimum atomic E-state index is -1.57. The molecule has 7 N–H and O–H groups in total. The van der Waals surface area contributed by atoms with Crippen molar-refractivity contribution < 1.29 is 44.5 Å². The molecule has 11 nitrogen and oxygen atoms in total. The van der Waals surface area contributed by atoms with Gasteiger partial charge in [0.1, 0.15) is 36.8 Å². The van der Waals surface area contributed by atoms with Crippen molar-refractivity contribution >= 4 is 23.1 Å². The molecule has 0 aliphatic carbocycles. The Morgan fingerprint density at radius 3 is 1.38 bits per heavy atom. The molecule has 1 saturated heterocycles. The number of benzene rings is 1. The van der Waals surface area contributed by atoms with Crippen LogP contribution in [0.15, 0.2) is 24.3 Å². The minimum Gasteiger partial charge on any atom is -0.494 e. The number of hydrogen-bond donors (Lipinski definition) is 7. The lowest BCUT2D eigenvalue weighted by Gasteiger charge is -2.40. The van der Waals surface area contributed by atoms with Crippen molar-refractivity contribution in [3.05, 3.63) is 24.3 Å². The zero-order chi connectivity index (χ0) is 51.4. The van der Waals surface area contributed by atoms with Crippen LogP contribution in [0.2, 0.25) is 0 Å². The maximum absolute atomic E-state index is 11.5. The molecular formula is C59H110N2O9S. The SMILES string of the molecule is CCCCCCCCCCCCCCCCCCCCCCCCCCN[C@@H](CO[C@H]1O[C@H](COC(=S)Nc2ccc(OCC)cc2)[C@H](O)[C@H](O)[C@H]1O)[C@H](O)[C@H](O)CCCCCCCCCCCCCC. The predicted molar refractivity (Wildman–Crippen MR) is 298 cm³/mol. The maximum Gasteiger partial charge on any atom is 0.261 e. The highest BCUT2D eigenvalue weighted by atomic mass is 32.1. The van der Waals surface area contributed by atoms with Crippen LogP contribution in [0, 0.1) is 0 Å². The van der Waals surface area contributed by atoms with Crippen LogP contribution in [-0.4, -0.2) is 106 Å². The van der Waals surface area contributed by atoms with Gasteiger partial charge in [0.05, 0.1) is 31.5 Å². The van der Waals surface area contributed by atoms with E-state index in [0.29, 0.717) is 25.3 Å². The van der Waals surface area contributed by atoms with Gasteiger partial charge in [0.15, 0.2) is 6.29 Å². The fourth-order valence-electron chi connectivity index (χ4n) is 9.79. The van der Waals surface area contributed by atoms with Crippen LogP contribution in [0.1, 0.15) is 258 Å². The summed E-state index contributed by atoms with van der Waals surface area (Å²) >= 11 is 5.36. The molecule has 0 bridgehead atoms. The van der Waals surface area contributed by atoms with Crippen LogP contribution in [0.3, 0.4) is 0 Å². The van der Waals surface area contributed by atoms with E-state index in [2.05, 4.69) is 24.5 Å². The van der Waals surface area contributed by atoms with Crippen molar-refractivity contribution in [1.82, 2.24) is 5.32 Å². The van der Waals surface area contributed by atoms with Crippen molar-refractivity contribution in [3.63, 3.8) is 0 Å². The molecule has 0 spiro atoms. The van der Waals surface area contributed by atoms with E-state index in [4.69, 9.17) is 31.2 Å². The molecule has 0 saturated carbocycles. The second kappa shape index (κ2) is 45.8. The molecule has 0 unspecified atom stereocenters. The topological polar surface area (TPSA) is 162 Å². The predicted octanol–water partition coefficient (Wildman–Crippen LogP) is 13.8. The molecule has 2 rings (SSSR count). The van der Waals surface area contributed by atoms with E-state index in [1.165, 1.54) is 193 Å². The van der Waals surface area contributed by atoms with Crippen LogP contribution in [0.4, 0.5) is 5.69 Å². The molecule has 1 aromatic carbocycles. The standard InChI is InChI=1S/C59H110N2O9S/c1-4-7-9-11-13-15-17-19-20-21-22-23-24-25-26-27-28-29-30-32-34-36-38-40-46-60-51(54(63)52(62)41-39-37-35-33-31-18-16-14-12-10-8-5-2)47-68-58-57(66)56(65)55(64)53(70-58)48-69-59(71)61-49-42-44-50(45-43-49)67-6-3/h42-45,51-58,60,62-66H,4-41,46-48H2,1-3H3,(H,61,71)/t51-,52+,53+,54-,55-,56-,57+,58-/m0/s1. The van der Waals surface area contributed by atoms with Gasteiger partial charge in [0.25, 0.3) is 5.17 Å². The van der Waals surface area contributed by atoms with Gasteiger partial charge in [-0.1, -0.05) is 239 Å². The lowest BCUT2D eigenvalue weighted by Crippen LogP contribution is -2.60. The Kier molecular flexibility index (Phi) is 42.2. The first-order valence-corrected chi connectivity index (χ1v) is 30.2. The zero-order valence-corrected chi connectivity index (χ0v) is 46.5. The van der Waals surface area contributed by atoms with Gasteiger partial charge < -0.3 is 55.1 Å². The molecule has 1 aliphatic heterocycles. The van der Waals surface area contributed by atoms with E-state index in [-0.39, 0.29) is 18.4 Å². The third-order valence-corrected chi connectivity index (χ3v) is 14.7. The molecule has 12 heteroatoms. The maximum atomic E-state index is 11.5. The summed E-state index contributed by atoms with van der Waals surface area (Å²) in [6.07, 6.45) is 38.4. The van der Waals surface area contributed by atoms with Gasteiger partial charge in [0.2, 0.25) is 0 Å². The first-order chi connectivity index (χ1) is 34.7. The van der Waals surface area contributed by atoms with Gasteiger partial charge in [-0.15, -0.1) is 0 Å². The summed E-state index contributed by atoms with van der Waals surface area (Å²) in [7, 11) is 0. The normalized spacial score (nSPS) is 19.4. The summed E-state index contributed by atoms with van der Waals surface area (Å²) in [5, 5.41) is 61.5. The van der Waals surface area contributed by atoms with E-state index >= 15 is 0 Å². The van der Waals surface area contributed by atoms with Crippen LogP contribution < -0.4 is 15.4 Å². The number of aliphatic hydroxyl groups is 5. The summed E-state index contributed by atoms with van der Waals surface area (Å²) in [5.74, 6) is 0.729. The number of thiocarbonyl (C=S) groups is 1. The highest BCUT2D eigenvalue weighted by Gasteiger charge is 2.45. The van der Waals surface area contributed by atoms with Crippen molar-refractivity contribution in [3.8, 4) is 5.75 Å². The molecule has 0 aromatic heterocycles. The average Bonchev–Trinajstić information content (AvgIpc) is 3.37. The second-order valence-electron chi connectivity index (χ2n) is 21.0. The molecule has 0 radical (unpaired) electrons. The van der Waals surface area contributed by atoms with Crippen LogP contribution in [0.25, 0.3) is 0 Å². The Bertz CT molecular complexity index is 1330. The van der Waals surface area contributed by atoms with Gasteiger partial charge in [0, 0.05) is 5.69 Å². The highest BCUT2D eigenvalue weighted by molar-refractivity contribution is 7.80. The molecule has 71 heavy (non-hydrogen) atoms. The monoisotopic (exact) mass is 1020 g/mol. The lowest BCUT2D eigenvalue weighted by atomic mass is 9.98. The Hall–Kier alpha value is -1.61. The van der Waals surface area contributed by atoms with Gasteiger partial charge >= 0.3 is 0 Å². The second-order valence-corrected chi connectivity index (χ2v) is 21.3. The summed E-state index contributed by atoms with van der Waals surface area (Å²) < 4.78 is 23.2. The van der Waals surface area contributed by atoms with Crippen LogP contribution in [-0.2, 0) is 14.2 Å². The number of ether oxygens (including phenoxy) is 4. The third kappa shape index (κ3) is 33.8. The first kappa shape index (κ1) is 65.5. The largest absolute Gasteiger partial charge is 0.494 e. The Morgan fingerprint density at radius 1 is 0.549 bits per heavy atom. The smallest absolute Gasteiger partial charge is 0.261 e. The average molecular weight is 1020 g/mol. The fourth-order valence-corrected chi connectivity index (χ4v) is 9.98. The molecule has 416 valence electrons. The molecule has 1 heterocycles. The highest BCUT2D eigenvalue weighted by Crippen LogP contribution is 2.25. The fraction of sp³-hybridized carbons (Fsp3) is 0.881. The summed E-state index contributed by atoms with van der Waals surface area (Å²) in [6.45, 7) is 7.35. The minimum absolute atomic E-state index is 0.0401. The summed E-state index contributed by atoms with van der Waals surface area (Å²) in [4.78, 5) is 0. The molecule has 8 atom stereocenters. The molecule has 0 amide bonds. The van der Waals surface area contributed by atoms with Gasteiger partial charge in [-0.2, -0.15) is 0 Å². The molecule has 1 aliphatic rings. The van der Waals surface area contributed by atoms with Gasteiger partial charge in [-0.05, 0) is 62.8 Å². The van der Waals surface area contributed by atoms with E-state index in [1.54, 1.807) is 12.1 Å². The van der Waals surface area contributed by atoms with Crippen molar-refractivity contribution in [1.29, 1.82) is 0 Å². The summed E-state index contributed by atoms with van der Waals surface area (Å²) in [5.41, 5.74) is 0.685. The quantitative estimate of drug-likeness (QED) is 0.0245. The van der Waals surface area contributed by atoms with Crippen LogP contribution in [0.5, 0.6) is 5.75 Å². The molecule has 1 aromatic rings. The Morgan fingerprint density at radius 2 is 0.958 bits per heavy atom. The van der Waals surface area contributed by atoms with Crippen LogP contribution >= 0.6 is 12.2 Å². The van der Waals surface area contributed by atoms with E-state index in [0.717, 1.165) is 44.3 Å². The number of unbranched alkanes of at least 4 members (excludes halogenated alkanes) is 34. The van der Waals surface area contributed by atoms with Crippen molar-refractivity contribution in [2.45, 2.75) is 307 Å².